The van der Waals surface area contributed by atoms with Crippen molar-refractivity contribution in [1.29, 1.82) is 0 Å². The van der Waals surface area contributed by atoms with Gasteiger partial charge in [-0.3, -0.25) is 4.79 Å². The first kappa shape index (κ1) is 12.5. The van der Waals surface area contributed by atoms with Gasteiger partial charge in [0.05, 0.1) is 19.3 Å². The molecule has 15 heavy (non-hydrogen) atoms. The summed E-state index contributed by atoms with van der Waals surface area (Å²) in [5.41, 5.74) is 5.62. The minimum Gasteiger partial charge on any atom is -0.465 e. The molecule has 88 valence electrons. The van der Waals surface area contributed by atoms with Crippen LogP contribution in [0.3, 0.4) is 0 Å². The van der Waals surface area contributed by atoms with Crippen molar-refractivity contribution in [3.8, 4) is 0 Å². The molecule has 0 aromatic heterocycles. The van der Waals surface area contributed by atoms with E-state index in [4.69, 9.17) is 15.2 Å². The second kappa shape index (κ2) is 6.80. The van der Waals surface area contributed by atoms with Gasteiger partial charge in [0.15, 0.2) is 0 Å². The van der Waals surface area contributed by atoms with Gasteiger partial charge in [-0.1, -0.05) is 19.3 Å². The molecule has 0 saturated heterocycles. The molecule has 0 amide bonds. The molecule has 1 rings (SSSR count). The van der Waals surface area contributed by atoms with Gasteiger partial charge in [-0.15, -0.1) is 0 Å². The van der Waals surface area contributed by atoms with Crippen LogP contribution in [0.15, 0.2) is 0 Å². The largest absolute Gasteiger partial charge is 0.465 e. The lowest BCUT2D eigenvalue weighted by Crippen LogP contribution is -2.38. The first-order valence-electron chi connectivity index (χ1n) is 5.78. The molecule has 0 spiro atoms. The molecule has 1 aliphatic carbocycles. The summed E-state index contributed by atoms with van der Waals surface area (Å²) in [5.74, 6) is -0.367. The van der Waals surface area contributed by atoms with Gasteiger partial charge in [0.1, 0.15) is 6.04 Å². The zero-order chi connectivity index (χ0) is 11.1. The zero-order valence-corrected chi connectivity index (χ0v) is 9.41. The van der Waals surface area contributed by atoms with Crippen molar-refractivity contribution >= 4 is 5.97 Å². The van der Waals surface area contributed by atoms with Gasteiger partial charge in [-0.05, 0) is 19.8 Å². The van der Waals surface area contributed by atoms with Gasteiger partial charge in [0.2, 0.25) is 0 Å². The average molecular weight is 215 g/mol. The maximum Gasteiger partial charge on any atom is 0.325 e. The lowest BCUT2D eigenvalue weighted by molar-refractivity contribution is -0.146. The number of rotatable bonds is 5. The average Bonchev–Trinajstić information content (AvgIpc) is 2.27. The quantitative estimate of drug-likeness (QED) is 0.701. The Hall–Kier alpha value is -0.610. The Morgan fingerprint density at radius 2 is 2.07 bits per heavy atom. The molecule has 1 atom stereocenters. The molecule has 0 radical (unpaired) electrons. The van der Waals surface area contributed by atoms with E-state index in [9.17, 15) is 4.79 Å². The normalized spacial score (nSPS) is 19.9. The van der Waals surface area contributed by atoms with Crippen molar-refractivity contribution < 1.29 is 14.3 Å². The number of carbonyl (C=O) groups excluding carboxylic acids is 1. The van der Waals surface area contributed by atoms with Crippen LogP contribution in [0.1, 0.15) is 39.0 Å². The van der Waals surface area contributed by atoms with Crippen LogP contribution in [0.25, 0.3) is 0 Å². The van der Waals surface area contributed by atoms with Gasteiger partial charge < -0.3 is 15.2 Å². The highest BCUT2D eigenvalue weighted by Gasteiger charge is 2.19. The van der Waals surface area contributed by atoms with E-state index in [0.29, 0.717) is 12.7 Å². The fourth-order valence-corrected chi connectivity index (χ4v) is 1.79. The van der Waals surface area contributed by atoms with Crippen LogP contribution in [0.2, 0.25) is 0 Å². The second-order valence-electron chi connectivity index (χ2n) is 3.95. The topological polar surface area (TPSA) is 61.5 Å². The highest BCUT2D eigenvalue weighted by atomic mass is 16.5. The number of esters is 1. The van der Waals surface area contributed by atoms with Crippen molar-refractivity contribution in [3.63, 3.8) is 0 Å². The smallest absolute Gasteiger partial charge is 0.325 e. The summed E-state index contributed by atoms with van der Waals surface area (Å²) >= 11 is 0. The molecule has 1 fully saturated rings. The number of hydrogen-bond acceptors (Lipinski definition) is 4. The summed E-state index contributed by atoms with van der Waals surface area (Å²) in [4.78, 5) is 11.2. The molecule has 1 aliphatic rings. The molecule has 2 N–H and O–H groups in total. The summed E-state index contributed by atoms with van der Waals surface area (Å²) in [6.07, 6.45) is 6.22. The van der Waals surface area contributed by atoms with Crippen molar-refractivity contribution in [3.05, 3.63) is 0 Å². The highest BCUT2D eigenvalue weighted by Crippen LogP contribution is 2.20. The number of nitrogens with two attached hydrogens (primary N) is 1. The molecule has 1 saturated carbocycles. The van der Waals surface area contributed by atoms with Crippen LogP contribution < -0.4 is 5.73 Å². The Labute approximate surface area is 91.1 Å². The molecule has 0 aromatic carbocycles. The van der Waals surface area contributed by atoms with Crippen molar-refractivity contribution in [1.82, 2.24) is 0 Å². The second-order valence-corrected chi connectivity index (χ2v) is 3.95. The predicted octanol–water partition coefficient (Wildman–Crippen LogP) is 1.23. The van der Waals surface area contributed by atoms with Gasteiger partial charge >= 0.3 is 5.97 Å². The van der Waals surface area contributed by atoms with Gasteiger partial charge in [-0.2, -0.15) is 0 Å². The van der Waals surface area contributed by atoms with E-state index in [0.717, 1.165) is 12.8 Å². The van der Waals surface area contributed by atoms with Gasteiger partial charge in [0.25, 0.3) is 0 Å². The highest BCUT2D eigenvalue weighted by molar-refractivity contribution is 5.75. The molecule has 0 aromatic rings. The Balaban J connectivity index is 2.14. The molecule has 0 heterocycles. The Morgan fingerprint density at radius 1 is 1.40 bits per heavy atom. The van der Waals surface area contributed by atoms with Crippen LogP contribution >= 0.6 is 0 Å². The first-order valence-corrected chi connectivity index (χ1v) is 5.78. The number of hydrogen-bond donors (Lipinski definition) is 1. The van der Waals surface area contributed by atoms with E-state index in [1.54, 1.807) is 6.92 Å². The molecule has 0 aliphatic heterocycles. The molecule has 4 heteroatoms. The minimum atomic E-state index is -0.633. The first-order chi connectivity index (χ1) is 7.24. The van der Waals surface area contributed by atoms with Crippen molar-refractivity contribution in [2.24, 2.45) is 5.73 Å². The van der Waals surface area contributed by atoms with Crippen molar-refractivity contribution in [2.45, 2.75) is 51.2 Å². The van der Waals surface area contributed by atoms with E-state index in [1.807, 2.05) is 0 Å². The van der Waals surface area contributed by atoms with Crippen LogP contribution in [-0.2, 0) is 14.3 Å². The van der Waals surface area contributed by atoms with E-state index in [2.05, 4.69) is 0 Å². The predicted molar refractivity (Wildman–Crippen MR) is 57.4 cm³/mol. The summed E-state index contributed by atoms with van der Waals surface area (Å²) in [6, 6.07) is -0.633. The standard InChI is InChI=1S/C11H21NO3/c1-2-14-11(13)10(12)8-15-9-6-4-3-5-7-9/h9-10H,2-8,12H2,1H3. The van der Waals surface area contributed by atoms with E-state index in [-0.39, 0.29) is 12.6 Å². The van der Waals surface area contributed by atoms with Crippen molar-refractivity contribution in [2.75, 3.05) is 13.2 Å². The zero-order valence-electron chi connectivity index (χ0n) is 9.41. The van der Waals surface area contributed by atoms with Crippen LogP contribution in [-0.4, -0.2) is 31.3 Å². The number of ether oxygens (including phenoxy) is 2. The SMILES string of the molecule is CCOC(=O)C(N)COC1CCCCC1. The third kappa shape index (κ3) is 4.62. The Bertz CT molecular complexity index is 190. The van der Waals surface area contributed by atoms with Crippen LogP contribution in [0, 0.1) is 0 Å². The molecular formula is C11H21NO3. The molecule has 1 unspecified atom stereocenters. The summed E-state index contributed by atoms with van der Waals surface area (Å²) in [5, 5.41) is 0. The van der Waals surface area contributed by atoms with Gasteiger partial charge in [0, 0.05) is 0 Å². The van der Waals surface area contributed by atoms with E-state index in [1.165, 1.54) is 19.3 Å². The lowest BCUT2D eigenvalue weighted by atomic mass is 9.98. The Kier molecular flexibility index (Phi) is 5.65. The summed E-state index contributed by atoms with van der Waals surface area (Å²) in [6.45, 7) is 2.42. The number of carbonyl (C=O) groups is 1. The van der Waals surface area contributed by atoms with E-state index >= 15 is 0 Å². The lowest BCUT2D eigenvalue weighted by Gasteiger charge is -2.23. The van der Waals surface area contributed by atoms with Crippen LogP contribution in [0.5, 0.6) is 0 Å². The molecule has 0 bridgehead atoms. The van der Waals surface area contributed by atoms with E-state index < -0.39 is 6.04 Å². The summed E-state index contributed by atoms with van der Waals surface area (Å²) < 4.78 is 10.4. The third-order valence-corrected chi connectivity index (χ3v) is 2.65. The molecular weight excluding hydrogens is 194 g/mol. The van der Waals surface area contributed by atoms with Crippen LogP contribution in [0.4, 0.5) is 0 Å². The maximum atomic E-state index is 11.2. The Morgan fingerprint density at radius 3 is 2.67 bits per heavy atom. The molecule has 4 nitrogen and oxygen atoms in total. The monoisotopic (exact) mass is 215 g/mol. The maximum absolute atomic E-state index is 11.2. The fraction of sp³-hybridized carbons (Fsp3) is 0.909. The van der Waals surface area contributed by atoms with Gasteiger partial charge in [-0.25, -0.2) is 0 Å². The fourth-order valence-electron chi connectivity index (χ4n) is 1.79. The minimum absolute atomic E-state index is 0.281. The summed E-state index contributed by atoms with van der Waals surface area (Å²) in [7, 11) is 0. The third-order valence-electron chi connectivity index (χ3n) is 2.65.